The van der Waals surface area contributed by atoms with E-state index in [0.29, 0.717) is 11.6 Å². The maximum absolute atomic E-state index is 13.3. The fraction of sp³-hybridized carbons (Fsp3) is 0.261. The normalized spacial score (nSPS) is 24.7. The summed E-state index contributed by atoms with van der Waals surface area (Å²) >= 11 is 1.44. The Morgan fingerprint density at radius 3 is 2.69 bits per heavy atom. The third-order valence-corrected chi connectivity index (χ3v) is 6.88. The Morgan fingerprint density at radius 2 is 1.90 bits per heavy atom. The number of hydrogen-bond donors (Lipinski definition) is 2. The maximum atomic E-state index is 13.3. The van der Waals surface area contributed by atoms with E-state index in [1.54, 1.807) is 0 Å². The van der Waals surface area contributed by atoms with E-state index < -0.39 is 5.41 Å². The number of amides is 2. The Labute approximate surface area is 173 Å². The fourth-order valence-electron chi connectivity index (χ4n) is 4.51. The number of carbonyl (C=O) groups excluding carboxylic acids is 2. The van der Waals surface area contributed by atoms with Crippen molar-refractivity contribution in [3.63, 3.8) is 0 Å². The summed E-state index contributed by atoms with van der Waals surface area (Å²) in [5.41, 5.74) is 3.51. The van der Waals surface area contributed by atoms with Crippen molar-refractivity contribution < 1.29 is 9.59 Å². The Balaban J connectivity index is 1.36. The van der Waals surface area contributed by atoms with Gasteiger partial charge in [-0.1, -0.05) is 54.6 Å². The molecule has 1 aliphatic carbocycles. The van der Waals surface area contributed by atoms with Crippen LogP contribution in [-0.2, 0) is 16.0 Å². The number of aromatic nitrogens is 1. The minimum Gasteiger partial charge on any atom is -0.348 e. The molecule has 2 bridgehead atoms. The van der Waals surface area contributed by atoms with E-state index in [-0.39, 0.29) is 23.8 Å². The molecule has 6 heteroatoms. The van der Waals surface area contributed by atoms with Crippen molar-refractivity contribution >= 4 is 28.3 Å². The first-order chi connectivity index (χ1) is 14.0. The van der Waals surface area contributed by atoms with E-state index in [2.05, 4.69) is 27.8 Å². The lowest BCUT2D eigenvalue weighted by Gasteiger charge is -2.49. The van der Waals surface area contributed by atoms with Gasteiger partial charge in [-0.25, -0.2) is 4.98 Å². The quantitative estimate of drug-likeness (QED) is 0.691. The summed E-state index contributed by atoms with van der Waals surface area (Å²) in [7, 11) is 0. The van der Waals surface area contributed by atoms with E-state index >= 15 is 0 Å². The number of carbonyl (C=O) groups is 2. The van der Waals surface area contributed by atoms with Crippen LogP contribution < -0.4 is 10.6 Å². The molecule has 2 aliphatic heterocycles. The molecule has 3 unspecified atom stereocenters. The molecule has 146 valence electrons. The van der Waals surface area contributed by atoms with Crippen LogP contribution in [0.5, 0.6) is 0 Å². The molecule has 3 aromatic rings. The van der Waals surface area contributed by atoms with Gasteiger partial charge >= 0.3 is 0 Å². The Kier molecular flexibility index (Phi) is 4.24. The summed E-state index contributed by atoms with van der Waals surface area (Å²) in [6, 6.07) is 17.7. The number of rotatable bonds is 4. The van der Waals surface area contributed by atoms with Gasteiger partial charge in [0.2, 0.25) is 11.8 Å². The van der Waals surface area contributed by atoms with E-state index in [1.807, 2.05) is 54.8 Å². The van der Waals surface area contributed by atoms with Crippen LogP contribution in [0.4, 0.5) is 5.13 Å². The highest BCUT2D eigenvalue weighted by atomic mass is 32.1. The minimum atomic E-state index is -0.710. The van der Waals surface area contributed by atoms with Crippen LogP contribution in [0.25, 0.3) is 0 Å². The number of thiazole rings is 1. The van der Waals surface area contributed by atoms with E-state index in [0.717, 1.165) is 23.2 Å². The number of piperidine rings is 1. The largest absolute Gasteiger partial charge is 0.348 e. The third kappa shape index (κ3) is 3.04. The lowest BCUT2D eigenvalue weighted by molar-refractivity contribution is -0.137. The molecule has 29 heavy (non-hydrogen) atoms. The van der Waals surface area contributed by atoms with Crippen molar-refractivity contribution in [2.45, 2.75) is 31.7 Å². The molecule has 1 aromatic heterocycles. The van der Waals surface area contributed by atoms with Crippen LogP contribution in [0.1, 0.15) is 47.7 Å². The van der Waals surface area contributed by atoms with Gasteiger partial charge in [0.25, 0.3) is 0 Å². The van der Waals surface area contributed by atoms with Gasteiger partial charge in [-0.3, -0.25) is 9.59 Å². The van der Waals surface area contributed by atoms with Crippen LogP contribution in [0, 0.1) is 5.41 Å². The van der Waals surface area contributed by atoms with Gasteiger partial charge in [0.1, 0.15) is 0 Å². The fourth-order valence-corrected chi connectivity index (χ4v) is 5.22. The first-order valence-corrected chi connectivity index (χ1v) is 10.6. The highest BCUT2D eigenvalue weighted by Gasteiger charge is 2.55. The van der Waals surface area contributed by atoms with Gasteiger partial charge in [-0.15, -0.1) is 11.3 Å². The van der Waals surface area contributed by atoms with Gasteiger partial charge in [0, 0.05) is 11.8 Å². The summed E-state index contributed by atoms with van der Waals surface area (Å²) in [5, 5.41) is 8.64. The van der Waals surface area contributed by atoms with Crippen molar-refractivity contribution in [1.29, 1.82) is 0 Å². The molecule has 5 nitrogen and oxygen atoms in total. The number of anilines is 1. The Hall–Kier alpha value is -2.99. The molecule has 3 heterocycles. The van der Waals surface area contributed by atoms with Gasteiger partial charge in [0.05, 0.1) is 23.1 Å². The number of hydrogen-bond acceptors (Lipinski definition) is 4. The lowest BCUT2D eigenvalue weighted by Crippen LogP contribution is -2.57. The molecule has 1 saturated heterocycles. The van der Waals surface area contributed by atoms with Crippen molar-refractivity contribution in [2.75, 3.05) is 5.32 Å². The molecule has 2 N–H and O–H groups in total. The van der Waals surface area contributed by atoms with E-state index in [1.165, 1.54) is 16.9 Å². The minimum absolute atomic E-state index is 0.0124. The zero-order valence-corrected chi connectivity index (χ0v) is 16.8. The maximum Gasteiger partial charge on any atom is 0.234 e. The second-order valence-electron chi connectivity index (χ2n) is 8.01. The summed E-state index contributed by atoms with van der Waals surface area (Å²) in [6.45, 7) is 1.94. The van der Waals surface area contributed by atoms with E-state index in [4.69, 9.17) is 0 Å². The van der Waals surface area contributed by atoms with Gasteiger partial charge in [-0.2, -0.15) is 0 Å². The standard InChI is InChI=1S/C23H21N3O2S/c1-23(12-18-16-9-5-6-10-17(16)19(23)25-20(18)27)21(28)26-22-24-15(13-29-22)11-14-7-3-2-4-8-14/h2-10,13,18-19H,11-12H2,1H3,(H,25,27)(H,24,26,28). The summed E-state index contributed by atoms with van der Waals surface area (Å²) in [6.07, 6.45) is 1.24. The second kappa shape index (κ2) is 6.81. The predicted octanol–water partition coefficient (Wildman–Crippen LogP) is 4.04. The number of fused-ring (bicyclic) bond motifs is 2. The first-order valence-electron chi connectivity index (χ1n) is 9.73. The first kappa shape index (κ1) is 18.1. The third-order valence-electron chi connectivity index (χ3n) is 6.07. The SMILES string of the molecule is CC1(C(=O)Nc2nc(Cc3ccccc3)cs2)CC2C(=O)NC1c1ccccc12. The highest BCUT2D eigenvalue weighted by molar-refractivity contribution is 7.13. The monoisotopic (exact) mass is 403 g/mol. The number of nitrogens with zero attached hydrogens (tertiary/aromatic N) is 1. The zero-order chi connectivity index (χ0) is 20.0. The molecule has 3 atom stereocenters. The molecular formula is C23H21N3O2S. The predicted molar refractivity (Wildman–Crippen MR) is 113 cm³/mol. The number of nitrogens with one attached hydrogen (secondary N) is 2. The Morgan fingerprint density at radius 1 is 1.17 bits per heavy atom. The molecule has 0 radical (unpaired) electrons. The average Bonchev–Trinajstić information content (AvgIpc) is 3.17. The van der Waals surface area contributed by atoms with E-state index in [9.17, 15) is 9.59 Å². The van der Waals surface area contributed by atoms with Gasteiger partial charge < -0.3 is 10.6 Å². The van der Waals surface area contributed by atoms with Crippen molar-refractivity contribution in [3.05, 3.63) is 82.4 Å². The van der Waals surface area contributed by atoms with Crippen LogP contribution in [0.15, 0.2) is 60.0 Å². The van der Waals surface area contributed by atoms with Crippen LogP contribution >= 0.6 is 11.3 Å². The molecule has 2 aromatic carbocycles. The summed E-state index contributed by atoms with van der Waals surface area (Å²) in [5.74, 6) is -0.363. The topological polar surface area (TPSA) is 71.1 Å². The van der Waals surface area contributed by atoms with Crippen LogP contribution in [0.2, 0.25) is 0 Å². The zero-order valence-electron chi connectivity index (χ0n) is 16.0. The van der Waals surface area contributed by atoms with Crippen LogP contribution in [0.3, 0.4) is 0 Å². The Bertz CT molecular complexity index is 1090. The molecule has 1 fully saturated rings. The molecule has 0 saturated carbocycles. The highest BCUT2D eigenvalue weighted by Crippen LogP contribution is 2.53. The summed E-state index contributed by atoms with van der Waals surface area (Å²) < 4.78 is 0. The molecule has 3 aliphatic rings. The molecule has 2 amide bonds. The summed E-state index contributed by atoms with van der Waals surface area (Å²) in [4.78, 5) is 30.3. The smallest absolute Gasteiger partial charge is 0.234 e. The van der Waals surface area contributed by atoms with Gasteiger partial charge in [0.15, 0.2) is 5.13 Å². The second-order valence-corrected chi connectivity index (χ2v) is 8.86. The lowest BCUT2D eigenvalue weighted by atomic mass is 9.61. The van der Waals surface area contributed by atoms with Crippen LogP contribution in [-0.4, -0.2) is 16.8 Å². The molecule has 6 rings (SSSR count). The van der Waals surface area contributed by atoms with Gasteiger partial charge in [-0.05, 0) is 30.0 Å². The van der Waals surface area contributed by atoms with Crippen molar-refractivity contribution in [2.24, 2.45) is 5.41 Å². The molecular weight excluding hydrogens is 382 g/mol. The molecule has 0 spiro atoms. The average molecular weight is 404 g/mol. The number of benzene rings is 2. The van der Waals surface area contributed by atoms with Crippen molar-refractivity contribution in [3.8, 4) is 0 Å². The van der Waals surface area contributed by atoms with Crippen molar-refractivity contribution in [1.82, 2.24) is 10.3 Å².